The summed E-state index contributed by atoms with van der Waals surface area (Å²) in [6.07, 6.45) is 3.26. The Morgan fingerprint density at radius 3 is 2.11 bits per heavy atom. The molecule has 0 spiro atoms. The third kappa shape index (κ3) is 6.66. The fourth-order valence-corrected chi connectivity index (χ4v) is 2.44. The van der Waals surface area contributed by atoms with E-state index in [1.54, 1.807) is 12.1 Å². The van der Waals surface area contributed by atoms with Crippen molar-refractivity contribution >= 4 is 35.8 Å². The van der Waals surface area contributed by atoms with Gasteiger partial charge in [-0.05, 0) is 30.7 Å². The van der Waals surface area contributed by atoms with Crippen LogP contribution in [0.15, 0.2) is 24.3 Å². The molecular weight excluding hydrogens is 395 g/mol. The first-order valence-corrected chi connectivity index (χ1v) is 8.75. The zero-order chi connectivity index (χ0) is 20.4. The summed E-state index contributed by atoms with van der Waals surface area (Å²) < 4.78 is 10.7. The normalized spacial score (nSPS) is 9.78. The van der Waals surface area contributed by atoms with E-state index in [1.807, 2.05) is 0 Å². The molecule has 0 aliphatic heterocycles. The zero-order valence-corrected chi connectivity index (χ0v) is 16.4. The van der Waals surface area contributed by atoms with Crippen LogP contribution in [0.3, 0.4) is 0 Å². The average Bonchev–Trinajstić information content (AvgIpc) is 2.67. The molecule has 0 radical (unpaired) electrons. The third-order valence-electron chi connectivity index (χ3n) is 3.33. The standard InChI is InChI=1S/C12H15ClO3.C7H5ClO3/c1-3-4-5-16-12-10(13)6-9(8-14)7-11(12)15-2;8-5-1-4(3-9)2-6(10)7(5)11/h6-8H,3-5H2,1-2H3;1-3,10-11H. The van der Waals surface area contributed by atoms with E-state index in [2.05, 4.69) is 6.92 Å². The second-order valence-electron chi connectivity index (χ2n) is 5.34. The molecule has 0 saturated carbocycles. The lowest BCUT2D eigenvalue weighted by Crippen LogP contribution is -2.00. The molecular formula is C19H20Cl2O6. The number of phenols is 2. The molecule has 0 fully saturated rings. The Balaban J connectivity index is 0.000000289. The summed E-state index contributed by atoms with van der Waals surface area (Å²) in [5.41, 5.74) is 0.704. The molecule has 0 bridgehead atoms. The lowest BCUT2D eigenvalue weighted by atomic mass is 10.2. The summed E-state index contributed by atoms with van der Waals surface area (Å²) in [7, 11) is 1.52. The number of carbonyl (C=O) groups is 2. The van der Waals surface area contributed by atoms with Crippen LogP contribution in [0, 0.1) is 0 Å². The number of carbonyl (C=O) groups excluding carboxylic acids is 2. The maximum absolute atomic E-state index is 10.6. The van der Waals surface area contributed by atoms with Gasteiger partial charge in [0.05, 0.1) is 23.8 Å². The molecule has 0 saturated heterocycles. The van der Waals surface area contributed by atoms with Crippen LogP contribution in [0.1, 0.15) is 40.5 Å². The lowest BCUT2D eigenvalue weighted by molar-refractivity contribution is 0.111. The topological polar surface area (TPSA) is 93.1 Å². The van der Waals surface area contributed by atoms with E-state index in [9.17, 15) is 9.59 Å². The third-order valence-corrected chi connectivity index (χ3v) is 3.90. The number of phenolic OH excluding ortho intramolecular Hbond substituents is 2. The van der Waals surface area contributed by atoms with Crippen LogP contribution < -0.4 is 9.47 Å². The number of ether oxygens (including phenoxy) is 2. The molecule has 27 heavy (non-hydrogen) atoms. The van der Waals surface area contributed by atoms with Gasteiger partial charge in [-0.2, -0.15) is 0 Å². The Morgan fingerprint density at radius 1 is 1.00 bits per heavy atom. The van der Waals surface area contributed by atoms with Gasteiger partial charge in [0.25, 0.3) is 0 Å². The van der Waals surface area contributed by atoms with Crippen LogP contribution in [-0.4, -0.2) is 36.5 Å². The summed E-state index contributed by atoms with van der Waals surface area (Å²) in [5, 5.41) is 18.2. The predicted molar refractivity (Wildman–Crippen MR) is 104 cm³/mol. The van der Waals surface area contributed by atoms with Crippen molar-refractivity contribution in [2.24, 2.45) is 0 Å². The maximum atomic E-state index is 10.6. The number of hydrogen-bond acceptors (Lipinski definition) is 6. The van der Waals surface area contributed by atoms with Crippen molar-refractivity contribution in [3.8, 4) is 23.0 Å². The maximum Gasteiger partial charge on any atom is 0.179 e. The second kappa shape index (κ2) is 11.3. The molecule has 0 aromatic heterocycles. The monoisotopic (exact) mass is 414 g/mol. The van der Waals surface area contributed by atoms with E-state index in [0.717, 1.165) is 25.2 Å². The quantitative estimate of drug-likeness (QED) is 0.380. The molecule has 0 amide bonds. The SMILES string of the molecule is CCCCOc1c(Cl)cc(C=O)cc1OC.O=Cc1cc(O)c(O)c(Cl)c1. The van der Waals surface area contributed by atoms with E-state index >= 15 is 0 Å². The fraction of sp³-hybridized carbons (Fsp3) is 0.263. The Bertz CT molecular complexity index is 769. The van der Waals surface area contributed by atoms with Crippen LogP contribution >= 0.6 is 23.2 Å². The molecule has 2 rings (SSSR count). The molecule has 0 atom stereocenters. The Morgan fingerprint density at radius 2 is 1.59 bits per heavy atom. The van der Waals surface area contributed by atoms with Gasteiger partial charge in [0.1, 0.15) is 12.6 Å². The highest BCUT2D eigenvalue weighted by molar-refractivity contribution is 6.32. The van der Waals surface area contributed by atoms with Gasteiger partial charge in [0.15, 0.2) is 23.0 Å². The van der Waals surface area contributed by atoms with E-state index < -0.39 is 5.75 Å². The second-order valence-corrected chi connectivity index (χ2v) is 6.16. The minimum Gasteiger partial charge on any atom is -0.504 e. The van der Waals surface area contributed by atoms with Gasteiger partial charge in [-0.3, -0.25) is 9.59 Å². The van der Waals surface area contributed by atoms with Crippen molar-refractivity contribution in [2.45, 2.75) is 19.8 Å². The molecule has 0 aliphatic rings. The van der Waals surface area contributed by atoms with Crippen molar-refractivity contribution < 1.29 is 29.3 Å². The average molecular weight is 415 g/mol. The molecule has 8 heteroatoms. The molecule has 6 nitrogen and oxygen atoms in total. The van der Waals surface area contributed by atoms with Gasteiger partial charge in [0.2, 0.25) is 0 Å². The van der Waals surface area contributed by atoms with Crippen molar-refractivity contribution in [2.75, 3.05) is 13.7 Å². The van der Waals surface area contributed by atoms with Crippen LogP contribution in [0.25, 0.3) is 0 Å². The number of aromatic hydroxyl groups is 2. The molecule has 0 heterocycles. The van der Waals surface area contributed by atoms with Crippen LogP contribution in [0.2, 0.25) is 10.0 Å². The number of hydrogen-bond donors (Lipinski definition) is 2. The summed E-state index contributed by atoms with van der Waals surface area (Å²) in [6.45, 7) is 2.67. The van der Waals surface area contributed by atoms with Crippen molar-refractivity contribution in [3.63, 3.8) is 0 Å². The van der Waals surface area contributed by atoms with Gasteiger partial charge < -0.3 is 19.7 Å². The number of methoxy groups -OCH3 is 1. The van der Waals surface area contributed by atoms with Gasteiger partial charge in [-0.1, -0.05) is 36.5 Å². The fourth-order valence-electron chi connectivity index (χ4n) is 1.94. The van der Waals surface area contributed by atoms with E-state index in [4.69, 9.17) is 42.9 Å². The van der Waals surface area contributed by atoms with Crippen LogP contribution in [-0.2, 0) is 0 Å². The first-order chi connectivity index (χ1) is 12.9. The number of unbranched alkanes of at least 4 members (excludes halogenated alkanes) is 1. The highest BCUT2D eigenvalue weighted by Crippen LogP contribution is 2.36. The highest BCUT2D eigenvalue weighted by atomic mass is 35.5. The van der Waals surface area contributed by atoms with E-state index in [-0.39, 0.29) is 16.3 Å². The Labute approximate surface area is 167 Å². The van der Waals surface area contributed by atoms with E-state index in [0.29, 0.717) is 35.0 Å². The molecule has 0 aliphatic carbocycles. The van der Waals surface area contributed by atoms with Crippen LogP contribution in [0.5, 0.6) is 23.0 Å². The zero-order valence-electron chi connectivity index (χ0n) is 14.9. The molecule has 2 aromatic carbocycles. The molecule has 146 valence electrons. The highest BCUT2D eigenvalue weighted by Gasteiger charge is 2.11. The largest absolute Gasteiger partial charge is 0.504 e. The summed E-state index contributed by atoms with van der Waals surface area (Å²) >= 11 is 11.4. The minimum absolute atomic E-state index is 0.0351. The first-order valence-electron chi connectivity index (χ1n) is 8.00. The van der Waals surface area contributed by atoms with Crippen molar-refractivity contribution in [1.29, 1.82) is 0 Å². The van der Waals surface area contributed by atoms with Crippen molar-refractivity contribution in [1.82, 2.24) is 0 Å². The van der Waals surface area contributed by atoms with Crippen LogP contribution in [0.4, 0.5) is 0 Å². The van der Waals surface area contributed by atoms with Gasteiger partial charge in [-0.25, -0.2) is 0 Å². The summed E-state index contributed by atoms with van der Waals surface area (Å²) in [5.74, 6) is 0.200. The Kier molecular flexibility index (Phi) is 9.47. The molecule has 0 unspecified atom stereocenters. The number of aldehydes is 2. The number of rotatable bonds is 7. The minimum atomic E-state index is -0.405. The van der Waals surface area contributed by atoms with E-state index in [1.165, 1.54) is 13.2 Å². The van der Waals surface area contributed by atoms with Crippen molar-refractivity contribution in [3.05, 3.63) is 45.4 Å². The van der Waals surface area contributed by atoms with Gasteiger partial charge in [-0.15, -0.1) is 0 Å². The Hall–Kier alpha value is -2.44. The van der Waals surface area contributed by atoms with Gasteiger partial charge >= 0.3 is 0 Å². The molecule has 2 N–H and O–H groups in total. The molecule has 2 aromatic rings. The van der Waals surface area contributed by atoms with Gasteiger partial charge in [0, 0.05) is 11.1 Å². The predicted octanol–water partition coefficient (Wildman–Crippen LogP) is 4.90. The first kappa shape index (κ1) is 22.6. The number of halogens is 2. The summed E-state index contributed by atoms with van der Waals surface area (Å²) in [4.78, 5) is 20.8. The number of benzene rings is 2. The smallest absolute Gasteiger partial charge is 0.179 e. The lowest BCUT2D eigenvalue weighted by Gasteiger charge is -2.12. The summed E-state index contributed by atoms with van der Waals surface area (Å²) in [6, 6.07) is 5.58.